The second-order valence-electron chi connectivity index (χ2n) is 7.03. The summed E-state index contributed by atoms with van der Waals surface area (Å²) in [4.78, 5) is 6.80. The Morgan fingerprint density at radius 3 is 2.58 bits per heavy atom. The molecule has 1 aromatic rings. The summed E-state index contributed by atoms with van der Waals surface area (Å²) in [6, 6.07) is 9.78. The molecule has 5 heteroatoms. The minimum atomic E-state index is -0.00150. The number of aliphatic imine (C=N–C) groups is 1. The summed E-state index contributed by atoms with van der Waals surface area (Å²) in [5.41, 5.74) is 3.88. The highest BCUT2D eigenvalue weighted by Crippen LogP contribution is 2.38. The van der Waals surface area contributed by atoms with Gasteiger partial charge in [0.1, 0.15) is 0 Å². The lowest BCUT2D eigenvalue weighted by Crippen LogP contribution is -2.37. The van der Waals surface area contributed by atoms with E-state index >= 15 is 0 Å². The second kappa shape index (κ2) is 7.16. The fraction of sp³-hybridized carbons (Fsp3) is 0.579. The molecule has 1 aromatic carbocycles. The zero-order valence-electron chi connectivity index (χ0n) is 14.9. The predicted octanol–water partition coefficient (Wildman–Crippen LogP) is 3.27. The Kier molecular flexibility index (Phi) is 5.17. The minimum Gasteiger partial charge on any atom is -0.358 e. The van der Waals surface area contributed by atoms with Gasteiger partial charge in [0.05, 0.1) is 24.7 Å². The van der Waals surface area contributed by atoms with Gasteiger partial charge in [0.2, 0.25) is 0 Å². The van der Waals surface area contributed by atoms with E-state index in [1.54, 1.807) is 11.8 Å². The number of hydrogen-bond acceptors (Lipinski definition) is 5. The summed E-state index contributed by atoms with van der Waals surface area (Å²) in [7, 11) is 2.07. The van der Waals surface area contributed by atoms with Gasteiger partial charge in [-0.15, -0.1) is 0 Å². The van der Waals surface area contributed by atoms with Crippen LogP contribution in [0.1, 0.15) is 36.1 Å². The minimum absolute atomic E-state index is 0.00150. The van der Waals surface area contributed by atoms with Gasteiger partial charge in [-0.05, 0) is 39.8 Å². The molecule has 1 N–H and O–H groups in total. The van der Waals surface area contributed by atoms with Crippen LogP contribution in [0.4, 0.5) is 0 Å². The highest BCUT2D eigenvalue weighted by molar-refractivity contribution is 8.14. The molecule has 0 aromatic heterocycles. The smallest absolute Gasteiger partial charge is 0.157 e. The molecule has 2 heterocycles. The third-order valence-electron chi connectivity index (χ3n) is 5.29. The van der Waals surface area contributed by atoms with Crippen molar-refractivity contribution in [1.29, 1.82) is 5.26 Å². The van der Waals surface area contributed by atoms with Crippen LogP contribution in [0.5, 0.6) is 0 Å². The van der Waals surface area contributed by atoms with Gasteiger partial charge in [-0.2, -0.15) is 5.26 Å². The Balaban J connectivity index is 1.94. The van der Waals surface area contributed by atoms with E-state index in [2.05, 4.69) is 67.3 Å². The first-order valence-electron chi connectivity index (χ1n) is 8.63. The van der Waals surface area contributed by atoms with E-state index in [0.717, 1.165) is 23.9 Å². The number of aryl methyl sites for hydroxylation is 2. The van der Waals surface area contributed by atoms with Crippen molar-refractivity contribution in [3.05, 3.63) is 34.9 Å². The molecule has 0 radical (unpaired) electrons. The molecule has 0 spiro atoms. The van der Waals surface area contributed by atoms with Gasteiger partial charge in [-0.1, -0.05) is 41.1 Å². The number of nitrogens with one attached hydrogen (secondary N) is 1. The lowest BCUT2D eigenvalue weighted by molar-refractivity contribution is 0.247. The number of likely N-dealkylation sites (tertiary alicyclic amines) is 1. The molecule has 128 valence electrons. The lowest BCUT2D eigenvalue weighted by atomic mass is 9.86. The van der Waals surface area contributed by atoms with Gasteiger partial charge in [-0.3, -0.25) is 9.89 Å². The van der Waals surface area contributed by atoms with Crippen molar-refractivity contribution >= 4 is 16.9 Å². The number of rotatable bonds is 3. The molecule has 2 aliphatic rings. The number of nitrogens with zero attached hydrogens (tertiary/aromatic N) is 3. The second-order valence-corrected chi connectivity index (χ2v) is 8.11. The van der Waals surface area contributed by atoms with Crippen molar-refractivity contribution in [1.82, 2.24) is 10.2 Å². The third-order valence-corrected chi connectivity index (χ3v) is 6.20. The number of hydrogen-bond donors (Lipinski definition) is 1. The molecule has 2 aliphatic heterocycles. The molecular formula is C19H26N4S. The van der Waals surface area contributed by atoms with Crippen LogP contribution >= 0.6 is 11.8 Å². The van der Waals surface area contributed by atoms with Crippen LogP contribution in [-0.4, -0.2) is 41.5 Å². The predicted molar refractivity (Wildman–Crippen MR) is 101 cm³/mol. The summed E-state index contributed by atoms with van der Waals surface area (Å²) in [5.74, 6) is 1.45. The summed E-state index contributed by atoms with van der Waals surface area (Å²) < 4.78 is 0. The molecule has 3 rings (SSSR count). The first-order valence-corrected chi connectivity index (χ1v) is 9.61. The largest absolute Gasteiger partial charge is 0.358 e. The SMILES string of the molecule is Cc1cc(C)cc(C(NC2=NCCS2)C2CC(C#N)N(C)C2C)c1. The van der Waals surface area contributed by atoms with Crippen LogP contribution in [0, 0.1) is 31.1 Å². The molecule has 24 heavy (non-hydrogen) atoms. The molecule has 1 fully saturated rings. The van der Waals surface area contributed by atoms with Gasteiger partial charge in [0.25, 0.3) is 0 Å². The first-order chi connectivity index (χ1) is 11.5. The molecule has 1 saturated heterocycles. The maximum absolute atomic E-state index is 9.46. The van der Waals surface area contributed by atoms with Crippen LogP contribution in [0.2, 0.25) is 0 Å². The Bertz CT molecular complexity index is 658. The van der Waals surface area contributed by atoms with E-state index in [1.807, 2.05) is 0 Å². The topological polar surface area (TPSA) is 51.4 Å². The van der Waals surface area contributed by atoms with Crippen molar-refractivity contribution in [3.8, 4) is 6.07 Å². The van der Waals surface area contributed by atoms with E-state index in [0.29, 0.717) is 12.0 Å². The molecule has 4 unspecified atom stereocenters. The van der Waals surface area contributed by atoms with Crippen LogP contribution in [-0.2, 0) is 0 Å². The number of nitriles is 1. The molecular weight excluding hydrogens is 316 g/mol. The number of benzene rings is 1. The molecule has 4 atom stereocenters. The summed E-state index contributed by atoms with van der Waals surface area (Å²) in [6.45, 7) is 7.44. The monoisotopic (exact) mass is 342 g/mol. The van der Waals surface area contributed by atoms with E-state index in [9.17, 15) is 5.26 Å². The normalized spacial score (nSPS) is 28.5. The summed E-state index contributed by atoms with van der Waals surface area (Å²) in [5, 5.41) is 14.2. The first kappa shape index (κ1) is 17.3. The highest BCUT2D eigenvalue weighted by Gasteiger charge is 2.41. The van der Waals surface area contributed by atoms with Crippen molar-refractivity contribution in [2.45, 2.75) is 45.3 Å². The maximum Gasteiger partial charge on any atom is 0.157 e. The Morgan fingerprint density at radius 1 is 1.33 bits per heavy atom. The zero-order chi connectivity index (χ0) is 17.3. The highest BCUT2D eigenvalue weighted by atomic mass is 32.2. The molecule has 0 aliphatic carbocycles. The fourth-order valence-corrected chi connectivity index (χ4v) is 4.72. The molecule has 0 saturated carbocycles. The van der Waals surface area contributed by atoms with E-state index in [1.165, 1.54) is 16.7 Å². The Morgan fingerprint density at radius 2 is 2.04 bits per heavy atom. The Labute approximate surface area is 149 Å². The van der Waals surface area contributed by atoms with Gasteiger partial charge in [-0.25, -0.2) is 0 Å². The van der Waals surface area contributed by atoms with Crippen molar-refractivity contribution in [2.75, 3.05) is 19.3 Å². The maximum atomic E-state index is 9.46. The fourth-order valence-electron chi connectivity index (χ4n) is 3.95. The van der Waals surface area contributed by atoms with E-state index < -0.39 is 0 Å². The van der Waals surface area contributed by atoms with Crippen LogP contribution in [0.3, 0.4) is 0 Å². The Hall–Kier alpha value is -1.51. The average molecular weight is 343 g/mol. The van der Waals surface area contributed by atoms with E-state index in [-0.39, 0.29) is 12.1 Å². The lowest BCUT2D eigenvalue weighted by Gasteiger charge is -2.30. The molecule has 0 amide bonds. The van der Waals surface area contributed by atoms with Crippen LogP contribution in [0.15, 0.2) is 23.2 Å². The standard InChI is InChI=1S/C19H26N4S/c1-12-7-13(2)9-15(8-12)18(22-19-21-5-6-24-19)17-10-16(11-20)23(4)14(17)3/h7-9,14,16-18H,5-6,10H2,1-4H3,(H,21,22). The number of amidine groups is 1. The quantitative estimate of drug-likeness (QED) is 0.916. The van der Waals surface area contributed by atoms with Gasteiger partial charge >= 0.3 is 0 Å². The summed E-state index contributed by atoms with van der Waals surface area (Å²) in [6.07, 6.45) is 0.900. The van der Waals surface area contributed by atoms with E-state index in [4.69, 9.17) is 0 Å². The van der Waals surface area contributed by atoms with Crippen LogP contribution < -0.4 is 5.32 Å². The van der Waals surface area contributed by atoms with Crippen molar-refractivity contribution in [3.63, 3.8) is 0 Å². The van der Waals surface area contributed by atoms with Gasteiger partial charge < -0.3 is 5.32 Å². The zero-order valence-corrected chi connectivity index (χ0v) is 15.7. The molecule has 0 bridgehead atoms. The summed E-state index contributed by atoms with van der Waals surface area (Å²) >= 11 is 1.80. The van der Waals surface area contributed by atoms with Crippen LogP contribution in [0.25, 0.3) is 0 Å². The average Bonchev–Trinajstić information content (AvgIpc) is 3.14. The van der Waals surface area contributed by atoms with Crippen molar-refractivity contribution < 1.29 is 0 Å². The van der Waals surface area contributed by atoms with Gasteiger partial charge in [0, 0.05) is 17.7 Å². The third kappa shape index (κ3) is 3.45. The number of thioether (sulfide) groups is 1. The van der Waals surface area contributed by atoms with Gasteiger partial charge in [0.15, 0.2) is 5.17 Å². The molecule has 4 nitrogen and oxygen atoms in total. The van der Waals surface area contributed by atoms with Crippen molar-refractivity contribution in [2.24, 2.45) is 10.9 Å².